The molecule has 0 aromatic heterocycles. The Hall–Kier alpha value is -0.650. The zero-order valence-corrected chi connectivity index (χ0v) is 12.8. The molecule has 0 saturated carbocycles. The second-order valence-electron chi connectivity index (χ2n) is 5.75. The van der Waals surface area contributed by atoms with Crippen molar-refractivity contribution in [2.24, 2.45) is 5.92 Å². The zero-order valence-electron chi connectivity index (χ0n) is 12.8. The number of carbonyl (C=O) groups excluding carboxylic acids is 1. The molecule has 0 bridgehead atoms. The Bertz CT molecular complexity index is 286. The van der Waals surface area contributed by atoms with E-state index in [0.717, 1.165) is 38.8 Å². The van der Waals surface area contributed by atoms with E-state index in [4.69, 9.17) is 5.11 Å². The molecule has 3 N–H and O–H groups in total. The lowest BCUT2D eigenvalue weighted by molar-refractivity contribution is -0.134. The molecule has 1 fully saturated rings. The second-order valence-corrected chi connectivity index (χ2v) is 5.75. The maximum absolute atomic E-state index is 12.1. The third-order valence-electron chi connectivity index (χ3n) is 4.03. The highest BCUT2D eigenvalue weighted by Gasteiger charge is 2.32. The molecule has 20 heavy (non-hydrogen) atoms. The van der Waals surface area contributed by atoms with Gasteiger partial charge in [-0.15, -0.1) is 0 Å². The number of hydrogen-bond donors (Lipinski definition) is 3. The van der Waals surface area contributed by atoms with E-state index in [-0.39, 0.29) is 30.6 Å². The molecule has 5 heteroatoms. The van der Waals surface area contributed by atoms with Crippen molar-refractivity contribution in [2.75, 3.05) is 26.2 Å². The number of likely N-dealkylation sites (tertiary alicyclic amines) is 1. The smallest absolute Gasteiger partial charge is 0.222 e. The first kappa shape index (κ1) is 17.4. The van der Waals surface area contributed by atoms with Crippen molar-refractivity contribution in [3.8, 4) is 0 Å². The van der Waals surface area contributed by atoms with Gasteiger partial charge in [-0.25, -0.2) is 0 Å². The maximum atomic E-state index is 12.1. The minimum atomic E-state index is -0.339. The van der Waals surface area contributed by atoms with Crippen LogP contribution in [0, 0.1) is 5.92 Å². The summed E-state index contributed by atoms with van der Waals surface area (Å²) in [7, 11) is 0. The first-order chi connectivity index (χ1) is 9.62. The Morgan fingerprint density at radius 1 is 1.40 bits per heavy atom. The molecule has 1 amide bonds. The number of nitrogens with zero attached hydrogens (tertiary/aromatic N) is 1. The van der Waals surface area contributed by atoms with Gasteiger partial charge in [-0.05, 0) is 32.2 Å². The highest BCUT2D eigenvalue weighted by atomic mass is 16.3. The van der Waals surface area contributed by atoms with E-state index in [2.05, 4.69) is 5.32 Å². The Labute approximate surface area is 122 Å². The van der Waals surface area contributed by atoms with E-state index in [9.17, 15) is 9.90 Å². The van der Waals surface area contributed by atoms with Crippen LogP contribution in [0.5, 0.6) is 0 Å². The van der Waals surface area contributed by atoms with Crippen molar-refractivity contribution in [3.05, 3.63) is 0 Å². The monoisotopic (exact) mass is 286 g/mol. The van der Waals surface area contributed by atoms with Gasteiger partial charge in [0, 0.05) is 38.1 Å². The number of aliphatic hydroxyl groups is 2. The number of piperidine rings is 1. The average Bonchev–Trinajstić information content (AvgIpc) is 2.46. The summed E-state index contributed by atoms with van der Waals surface area (Å²) >= 11 is 0. The quantitative estimate of drug-likeness (QED) is 0.576. The predicted molar refractivity (Wildman–Crippen MR) is 79.4 cm³/mol. The first-order valence-electron chi connectivity index (χ1n) is 7.92. The van der Waals surface area contributed by atoms with Gasteiger partial charge >= 0.3 is 0 Å². The Balaban J connectivity index is 2.59. The van der Waals surface area contributed by atoms with Crippen molar-refractivity contribution in [1.82, 2.24) is 10.2 Å². The molecule has 1 saturated heterocycles. The Morgan fingerprint density at radius 2 is 2.15 bits per heavy atom. The molecule has 0 aliphatic carbocycles. The van der Waals surface area contributed by atoms with E-state index >= 15 is 0 Å². The van der Waals surface area contributed by atoms with Gasteiger partial charge in [0.25, 0.3) is 0 Å². The number of aliphatic hydroxyl groups excluding tert-OH is 2. The van der Waals surface area contributed by atoms with Gasteiger partial charge < -0.3 is 20.4 Å². The SMILES string of the molecule is CCCC(=O)N1CC(NCCCO)CC(C(O)CC)C1. The Kier molecular flexibility index (Phi) is 8.11. The van der Waals surface area contributed by atoms with Crippen LogP contribution in [0.25, 0.3) is 0 Å². The van der Waals surface area contributed by atoms with Crippen molar-refractivity contribution in [3.63, 3.8) is 0 Å². The van der Waals surface area contributed by atoms with Crippen LogP contribution in [0.2, 0.25) is 0 Å². The van der Waals surface area contributed by atoms with Gasteiger partial charge in [-0.2, -0.15) is 0 Å². The van der Waals surface area contributed by atoms with Gasteiger partial charge in [-0.3, -0.25) is 4.79 Å². The molecule has 0 spiro atoms. The third-order valence-corrected chi connectivity index (χ3v) is 4.03. The summed E-state index contributed by atoms with van der Waals surface area (Å²) in [6.07, 6.45) is 3.45. The fourth-order valence-electron chi connectivity index (χ4n) is 2.86. The zero-order chi connectivity index (χ0) is 15.0. The molecule has 0 radical (unpaired) electrons. The molecule has 3 unspecified atom stereocenters. The third kappa shape index (κ3) is 5.38. The molecule has 3 atom stereocenters. The summed E-state index contributed by atoms with van der Waals surface area (Å²) in [5.41, 5.74) is 0. The van der Waals surface area contributed by atoms with E-state index in [0.29, 0.717) is 13.0 Å². The topological polar surface area (TPSA) is 72.8 Å². The van der Waals surface area contributed by atoms with Crippen LogP contribution in [-0.2, 0) is 4.79 Å². The highest BCUT2D eigenvalue weighted by molar-refractivity contribution is 5.76. The number of nitrogens with one attached hydrogen (secondary N) is 1. The Morgan fingerprint density at radius 3 is 2.75 bits per heavy atom. The number of hydrogen-bond acceptors (Lipinski definition) is 4. The van der Waals surface area contributed by atoms with Crippen LogP contribution in [0.15, 0.2) is 0 Å². The molecule has 1 aliphatic rings. The van der Waals surface area contributed by atoms with E-state index in [1.54, 1.807) is 0 Å². The lowest BCUT2D eigenvalue weighted by Gasteiger charge is -2.40. The summed E-state index contributed by atoms with van der Waals surface area (Å²) < 4.78 is 0. The predicted octanol–water partition coefficient (Wildman–Crippen LogP) is 0.747. The van der Waals surface area contributed by atoms with Crippen molar-refractivity contribution >= 4 is 5.91 Å². The van der Waals surface area contributed by atoms with Crippen LogP contribution in [0.3, 0.4) is 0 Å². The number of carbonyl (C=O) groups is 1. The molecule has 118 valence electrons. The van der Waals surface area contributed by atoms with Crippen LogP contribution < -0.4 is 5.32 Å². The molecular weight excluding hydrogens is 256 g/mol. The van der Waals surface area contributed by atoms with E-state index in [1.165, 1.54) is 0 Å². The van der Waals surface area contributed by atoms with Gasteiger partial charge in [0.15, 0.2) is 0 Å². The lowest BCUT2D eigenvalue weighted by atomic mass is 9.88. The van der Waals surface area contributed by atoms with Crippen molar-refractivity contribution < 1.29 is 15.0 Å². The normalized spacial score (nSPS) is 24.7. The van der Waals surface area contributed by atoms with Gasteiger partial charge in [0.05, 0.1) is 6.10 Å². The van der Waals surface area contributed by atoms with E-state index < -0.39 is 0 Å². The molecule has 1 aliphatic heterocycles. The van der Waals surface area contributed by atoms with Crippen LogP contribution in [0.4, 0.5) is 0 Å². The second kappa shape index (κ2) is 9.32. The maximum Gasteiger partial charge on any atom is 0.222 e. The summed E-state index contributed by atoms with van der Waals surface area (Å²) in [5, 5.41) is 22.3. The first-order valence-corrected chi connectivity index (χ1v) is 7.92. The fraction of sp³-hybridized carbons (Fsp3) is 0.933. The molecule has 0 aromatic carbocycles. The van der Waals surface area contributed by atoms with Crippen LogP contribution >= 0.6 is 0 Å². The fourth-order valence-corrected chi connectivity index (χ4v) is 2.86. The highest BCUT2D eigenvalue weighted by Crippen LogP contribution is 2.22. The average molecular weight is 286 g/mol. The largest absolute Gasteiger partial charge is 0.396 e. The molecule has 5 nitrogen and oxygen atoms in total. The van der Waals surface area contributed by atoms with E-state index in [1.807, 2.05) is 18.7 Å². The van der Waals surface area contributed by atoms with Crippen molar-refractivity contribution in [2.45, 2.75) is 58.1 Å². The molecule has 0 aromatic rings. The number of amides is 1. The summed E-state index contributed by atoms with van der Waals surface area (Å²) in [6.45, 7) is 6.32. The van der Waals surface area contributed by atoms with Gasteiger partial charge in [0.2, 0.25) is 5.91 Å². The minimum absolute atomic E-state index is 0.154. The lowest BCUT2D eigenvalue weighted by Crippen LogP contribution is -2.53. The van der Waals surface area contributed by atoms with Crippen molar-refractivity contribution in [1.29, 1.82) is 0 Å². The van der Waals surface area contributed by atoms with Crippen LogP contribution in [0.1, 0.15) is 46.0 Å². The summed E-state index contributed by atoms with van der Waals surface area (Å²) in [4.78, 5) is 14.0. The van der Waals surface area contributed by atoms with Crippen LogP contribution in [-0.4, -0.2) is 59.4 Å². The van der Waals surface area contributed by atoms with Gasteiger partial charge in [0.1, 0.15) is 0 Å². The number of rotatable bonds is 8. The molecule has 1 heterocycles. The molecular formula is C15H30N2O3. The summed E-state index contributed by atoms with van der Waals surface area (Å²) in [6, 6.07) is 0.224. The standard InChI is InChI=1S/C15H30N2O3/c1-3-6-15(20)17-10-12(14(19)4-2)9-13(11-17)16-7-5-8-18/h12-14,16,18-19H,3-11H2,1-2H3. The molecule has 1 rings (SSSR count). The van der Waals surface area contributed by atoms with Gasteiger partial charge in [-0.1, -0.05) is 13.8 Å². The minimum Gasteiger partial charge on any atom is -0.396 e. The summed E-state index contributed by atoms with van der Waals surface area (Å²) in [5.74, 6) is 0.343.